The van der Waals surface area contributed by atoms with E-state index in [1.165, 1.54) is 10.8 Å². The predicted octanol–water partition coefficient (Wildman–Crippen LogP) is 3.31. The molecule has 0 saturated heterocycles. The van der Waals surface area contributed by atoms with Crippen molar-refractivity contribution in [2.24, 2.45) is 0 Å². The molecule has 1 aromatic carbocycles. The molecule has 2 aromatic rings. The number of nitrogens with zero attached hydrogens (tertiary/aromatic N) is 1. The van der Waals surface area contributed by atoms with Gasteiger partial charge >= 0.3 is 0 Å². The summed E-state index contributed by atoms with van der Waals surface area (Å²) in [6, 6.07) is 10.5. The van der Waals surface area contributed by atoms with Crippen LogP contribution in [0.25, 0.3) is 10.8 Å². The average Bonchev–Trinajstić information content (AvgIpc) is 2.43. The van der Waals surface area contributed by atoms with E-state index < -0.39 is 0 Å². The van der Waals surface area contributed by atoms with Crippen LogP contribution >= 0.6 is 0 Å². The van der Waals surface area contributed by atoms with Crippen molar-refractivity contribution in [1.29, 1.82) is 0 Å². The van der Waals surface area contributed by atoms with Crippen LogP contribution in [-0.4, -0.2) is 24.2 Å². The molecule has 3 nitrogen and oxygen atoms in total. The minimum Gasteiger partial charge on any atom is -0.377 e. The van der Waals surface area contributed by atoms with Gasteiger partial charge in [0.25, 0.3) is 0 Å². The summed E-state index contributed by atoms with van der Waals surface area (Å²) < 4.78 is 5.76. The Morgan fingerprint density at radius 1 is 1.21 bits per heavy atom. The maximum atomic E-state index is 5.76. The lowest BCUT2D eigenvalue weighted by Crippen LogP contribution is -2.27. The Morgan fingerprint density at radius 2 is 2.00 bits per heavy atom. The zero-order valence-electron chi connectivity index (χ0n) is 11.9. The molecule has 0 aliphatic heterocycles. The monoisotopic (exact) mass is 258 g/mol. The molecular weight excluding hydrogens is 236 g/mol. The second kappa shape index (κ2) is 6.64. The van der Waals surface area contributed by atoms with Crippen LogP contribution in [-0.2, 0) is 4.74 Å². The van der Waals surface area contributed by atoms with E-state index in [2.05, 4.69) is 55.3 Å². The van der Waals surface area contributed by atoms with Crippen molar-refractivity contribution in [3.63, 3.8) is 0 Å². The third kappa shape index (κ3) is 3.52. The number of likely N-dealkylation sites (N-methyl/N-ethyl adjacent to an activating group) is 1. The van der Waals surface area contributed by atoms with E-state index in [1.54, 1.807) is 0 Å². The Labute approximate surface area is 115 Å². The summed E-state index contributed by atoms with van der Waals surface area (Å²) in [5.74, 6) is 0. The van der Waals surface area contributed by atoms with Gasteiger partial charge in [-0.15, -0.1) is 0 Å². The Balaban J connectivity index is 2.32. The molecule has 0 aliphatic rings. The predicted molar refractivity (Wildman–Crippen MR) is 79.2 cm³/mol. The number of nitrogens with one attached hydrogen (secondary N) is 1. The van der Waals surface area contributed by atoms with E-state index in [9.17, 15) is 0 Å². The normalized spacial score (nSPS) is 13.1. The summed E-state index contributed by atoms with van der Waals surface area (Å²) in [7, 11) is 0. The highest BCUT2D eigenvalue weighted by atomic mass is 16.5. The molecule has 3 heteroatoms. The van der Waals surface area contributed by atoms with Gasteiger partial charge in [-0.25, -0.2) is 0 Å². The van der Waals surface area contributed by atoms with Crippen LogP contribution < -0.4 is 5.32 Å². The number of pyridine rings is 1. The molecule has 102 valence electrons. The van der Waals surface area contributed by atoms with E-state index in [0.29, 0.717) is 6.61 Å². The van der Waals surface area contributed by atoms with E-state index in [0.717, 1.165) is 12.2 Å². The molecule has 1 N–H and O–H groups in total. The number of benzene rings is 1. The van der Waals surface area contributed by atoms with Gasteiger partial charge < -0.3 is 10.1 Å². The molecule has 1 unspecified atom stereocenters. The average molecular weight is 258 g/mol. The fraction of sp³-hybridized carbons (Fsp3) is 0.438. The Bertz CT molecular complexity index is 520. The van der Waals surface area contributed by atoms with Gasteiger partial charge in [-0.1, -0.05) is 31.2 Å². The second-order valence-electron chi connectivity index (χ2n) is 4.91. The van der Waals surface area contributed by atoms with E-state index >= 15 is 0 Å². The first-order chi connectivity index (χ1) is 9.22. The first-order valence-electron chi connectivity index (χ1n) is 6.91. The molecule has 0 bridgehead atoms. The van der Waals surface area contributed by atoms with Crippen LogP contribution in [0.1, 0.15) is 32.5 Å². The SMILES string of the molecule is CCNC(COC(C)C)c1nccc2ccccc12. The summed E-state index contributed by atoms with van der Waals surface area (Å²) >= 11 is 0. The van der Waals surface area contributed by atoms with Crippen molar-refractivity contribution in [3.8, 4) is 0 Å². The van der Waals surface area contributed by atoms with Gasteiger partial charge in [-0.3, -0.25) is 4.98 Å². The third-order valence-corrected chi connectivity index (χ3v) is 3.08. The van der Waals surface area contributed by atoms with Gasteiger partial charge in [-0.05, 0) is 31.8 Å². The van der Waals surface area contributed by atoms with Crippen molar-refractivity contribution in [2.75, 3.05) is 13.2 Å². The maximum Gasteiger partial charge on any atom is 0.0739 e. The topological polar surface area (TPSA) is 34.1 Å². The zero-order chi connectivity index (χ0) is 13.7. The van der Waals surface area contributed by atoms with Crippen LogP contribution in [0, 0.1) is 0 Å². The first kappa shape index (κ1) is 14.0. The molecule has 2 rings (SSSR count). The van der Waals surface area contributed by atoms with Gasteiger partial charge in [0.15, 0.2) is 0 Å². The third-order valence-electron chi connectivity index (χ3n) is 3.08. The van der Waals surface area contributed by atoms with Crippen molar-refractivity contribution in [2.45, 2.75) is 32.9 Å². The quantitative estimate of drug-likeness (QED) is 0.863. The highest BCUT2D eigenvalue weighted by Crippen LogP contribution is 2.22. The molecular formula is C16H22N2O. The molecule has 0 aliphatic carbocycles. The number of hydrogen-bond acceptors (Lipinski definition) is 3. The van der Waals surface area contributed by atoms with Gasteiger partial charge in [0.05, 0.1) is 24.4 Å². The zero-order valence-corrected chi connectivity index (χ0v) is 11.9. The van der Waals surface area contributed by atoms with Crippen LogP contribution in [0.3, 0.4) is 0 Å². The minimum atomic E-state index is 0.137. The van der Waals surface area contributed by atoms with Crippen LogP contribution in [0.4, 0.5) is 0 Å². The standard InChI is InChI=1S/C16H22N2O/c1-4-17-15(11-19-12(2)3)16-14-8-6-5-7-13(14)9-10-18-16/h5-10,12,15,17H,4,11H2,1-3H3. The number of ether oxygens (including phenoxy) is 1. The van der Waals surface area contributed by atoms with Crippen molar-refractivity contribution < 1.29 is 4.74 Å². The lowest BCUT2D eigenvalue weighted by Gasteiger charge is -2.20. The summed E-state index contributed by atoms with van der Waals surface area (Å²) in [5, 5.41) is 5.88. The van der Waals surface area contributed by atoms with E-state index in [-0.39, 0.29) is 12.1 Å². The molecule has 0 amide bonds. The summed E-state index contributed by atoms with van der Waals surface area (Å²) in [6.07, 6.45) is 2.10. The Morgan fingerprint density at radius 3 is 2.74 bits per heavy atom. The van der Waals surface area contributed by atoms with Gasteiger partial charge in [0, 0.05) is 11.6 Å². The molecule has 1 atom stereocenters. The highest BCUT2D eigenvalue weighted by Gasteiger charge is 2.15. The van der Waals surface area contributed by atoms with E-state index in [1.807, 2.05) is 12.3 Å². The lowest BCUT2D eigenvalue weighted by atomic mass is 10.1. The number of aromatic nitrogens is 1. The molecule has 0 radical (unpaired) electrons. The fourth-order valence-corrected chi connectivity index (χ4v) is 2.19. The van der Waals surface area contributed by atoms with Gasteiger partial charge in [0.2, 0.25) is 0 Å². The molecule has 19 heavy (non-hydrogen) atoms. The van der Waals surface area contributed by atoms with Crippen molar-refractivity contribution >= 4 is 10.8 Å². The molecule has 0 spiro atoms. The Hall–Kier alpha value is -1.45. The lowest BCUT2D eigenvalue weighted by molar-refractivity contribution is 0.0609. The molecule has 0 fully saturated rings. The summed E-state index contributed by atoms with van der Waals surface area (Å²) in [4.78, 5) is 4.56. The molecule has 1 aromatic heterocycles. The molecule has 1 heterocycles. The first-order valence-corrected chi connectivity index (χ1v) is 6.91. The smallest absolute Gasteiger partial charge is 0.0739 e. The summed E-state index contributed by atoms with van der Waals surface area (Å²) in [5.41, 5.74) is 1.07. The largest absolute Gasteiger partial charge is 0.377 e. The van der Waals surface area contributed by atoms with E-state index in [4.69, 9.17) is 4.74 Å². The fourth-order valence-electron chi connectivity index (χ4n) is 2.19. The second-order valence-corrected chi connectivity index (χ2v) is 4.91. The van der Waals surface area contributed by atoms with Crippen molar-refractivity contribution in [3.05, 3.63) is 42.2 Å². The maximum absolute atomic E-state index is 5.76. The highest BCUT2D eigenvalue weighted by molar-refractivity contribution is 5.84. The Kier molecular flexibility index (Phi) is 4.88. The molecule has 0 saturated carbocycles. The van der Waals surface area contributed by atoms with Crippen LogP contribution in [0.15, 0.2) is 36.5 Å². The minimum absolute atomic E-state index is 0.137. The van der Waals surface area contributed by atoms with Gasteiger partial charge in [0.1, 0.15) is 0 Å². The van der Waals surface area contributed by atoms with Gasteiger partial charge in [-0.2, -0.15) is 0 Å². The van der Waals surface area contributed by atoms with Crippen LogP contribution in [0.2, 0.25) is 0 Å². The summed E-state index contributed by atoms with van der Waals surface area (Å²) in [6.45, 7) is 7.76. The van der Waals surface area contributed by atoms with Crippen molar-refractivity contribution in [1.82, 2.24) is 10.3 Å². The number of hydrogen-bond donors (Lipinski definition) is 1. The number of rotatable bonds is 6. The van der Waals surface area contributed by atoms with Crippen LogP contribution in [0.5, 0.6) is 0 Å². The number of fused-ring (bicyclic) bond motifs is 1.